The summed E-state index contributed by atoms with van der Waals surface area (Å²) in [4.78, 5) is 7.53. The van der Waals surface area contributed by atoms with E-state index in [0.29, 0.717) is 0 Å². The van der Waals surface area contributed by atoms with Crippen molar-refractivity contribution >= 4 is 33.2 Å². The van der Waals surface area contributed by atoms with Gasteiger partial charge in [0.25, 0.3) is 0 Å². The van der Waals surface area contributed by atoms with Crippen molar-refractivity contribution in [2.45, 2.75) is 6.54 Å². The van der Waals surface area contributed by atoms with Gasteiger partial charge in [-0.2, -0.15) is 0 Å². The summed E-state index contributed by atoms with van der Waals surface area (Å²) in [6, 6.07) is 2.13. The molecule has 1 heterocycles. The number of guanidine groups is 1. The van der Waals surface area contributed by atoms with E-state index in [-0.39, 0.29) is 0 Å². The molecular weight excluding hydrogens is 262 g/mol. The van der Waals surface area contributed by atoms with Gasteiger partial charge in [0.15, 0.2) is 5.96 Å². The Morgan fingerprint density at radius 2 is 2.43 bits per heavy atom. The van der Waals surface area contributed by atoms with Crippen molar-refractivity contribution in [3.05, 3.63) is 20.8 Å². The van der Waals surface area contributed by atoms with Gasteiger partial charge in [-0.15, -0.1) is 11.3 Å². The van der Waals surface area contributed by atoms with Crippen LogP contribution in [0.5, 0.6) is 0 Å². The molecule has 0 aliphatic heterocycles. The molecule has 0 aliphatic carbocycles. The van der Waals surface area contributed by atoms with E-state index < -0.39 is 0 Å². The zero-order valence-electron chi connectivity index (χ0n) is 8.54. The second kappa shape index (κ2) is 5.36. The van der Waals surface area contributed by atoms with Crippen LogP contribution in [0.2, 0.25) is 0 Å². The van der Waals surface area contributed by atoms with E-state index in [1.807, 2.05) is 14.1 Å². The average Bonchev–Trinajstić information content (AvgIpc) is 2.53. The van der Waals surface area contributed by atoms with Crippen LogP contribution in [0.3, 0.4) is 0 Å². The van der Waals surface area contributed by atoms with Crippen LogP contribution in [0.1, 0.15) is 4.88 Å². The molecule has 1 rings (SSSR count). The second-order valence-electron chi connectivity index (χ2n) is 2.88. The standard InChI is InChI=1S/C9H14BrN3S/c1-11-9(12-2)13(3)5-8-4-7(10)6-14-8/h4,6H,5H2,1-3H3,(H,11,12). The lowest BCUT2D eigenvalue weighted by Gasteiger charge is -2.19. The molecule has 1 aromatic heterocycles. The van der Waals surface area contributed by atoms with Crippen molar-refractivity contribution < 1.29 is 0 Å². The second-order valence-corrected chi connectivity index (χ2v) is 4.80. The molecule has 5 heteroatoms. The summed E-state index contributed by atoms with van der Waals surface area (Å²) >= 11 is 5.18. The number of hydrogen-bond acceptors (Lipinski definition) is 2. The van der Waals surface area contributed by atoms with Crippen LogP contribution < -0.4 is 5.32 Å². The quantitative estimate of drug-likeness (QED) is 0.662. The van der Waals surface area contributed by atoms with Crippen molar-refractivity contribution in [1.29, 1.82) is 0 Å². The highest BCUT2D eigenvalue weighted by molar-refractivity contribution is 9.10. The molecule has 0 saturated carbocycles. The normalized spacial score (nSPS) is 11.6. The predicted molar refractivity (Wildman–Crippen MR) is 65.9 cm³/mol. The number of aliphatic imine (C=N–C) groups is 1. The monoisotopic (exact) mass is 275 g/mol. The highest BCUT2D eigenvalue weighted by Gasteiger charge is 2.05. The van der Waals surface area contributed by atoms with E-state index in [1.54, 1.807) is 18.4 Å². The Balaban J connectivity index is 2.60. The summed E-state index contributed by atoms with van der Waals surface area (Å²) in [5.41, 5.74) is 0. The van der Waals surface area contributed by atoms with Gasteiger partial charge in [0.1, 0.15) is 0 Å². The maximum Gasteiger partial charge on any atom is 0.193 e. The van der Waals surface area contributed by atoms with Crippen molar-refractivity contribution in [1.82, 2.24) is 10.2 Å². The van der Waals surface area contributed by atoms with E-state index in [4.69, 9.17) is 0 Å². The number of halogens is 1. The third-order valence-corrected chi connectivity index (χ3v) is 3.49. The highest BCUT2D eigenvalue weighted by Crippen LogP contribution is 2.20. The number of nitrogens with one attached hydrogen (secondary N) is 1. The Hall–Kier alpha value is -0.550. The van der Waals surface area contributed by atoms with E-state index in [0.717, 1.165) is 17.0 Å². The number of nitrogens with zero attached hydrogens (tertiary/aromatic N) is 2. The van der Waals surface area contributed by atoms with Gasteiger partial charge in [0.05, 0.1) is 6.54 Å². The van der Waals surface area contributed by atoms with Gasteiger partial charge in [0, 0.05) is 35.9 Å². The fourth-order valence-corrected chi connectivity index (χ4v) is 2.72. The predicted octanol–water partition coefficient (Wildman–Crippen LogP) is 2.15. The van der Waals surface area contributed by atoms with Crippen LogP contribution in [0, 0.1) is 0 Å². The molecule has 0 radical (unpaired) electrons. The Bertz CT molecular complexity index is 322. The third-order valence-electron chi connectivity index (χ3n) is 1.81. The van der Waals surface area contributed by atoms with Gasteiger partial charge in [-0.05, 0) is 22.0 Å². The first kappa shape index (κ1) is 11.5. The Labute approximate surface area is 97.0 Å². The molecule has 78 valence electrons. The van der Waals surface area contributed by atoms with E-state index >= 15 is 0 Å². The first-order valence-electron chi connectivity index (χ1n) is 4.26. The van der Waals surface area contributed by atoms with Crippen molar-refractivity contribution in [2.75, 3.05) is 21.1 Å². The first-order valence-corrected chi connectivity index (χ1v) is 5.93. The van der Waals surface area contributed by atoms with Gasteiger partial charge in [-0.1, -0.05) is 0 Å². The molecule has 0 amide bonds. The third kappa shape index (κ3) is 2.99. The molecule has 0 atom stereocenters. The number of rotatable bonds is 2. The van der Waals surface area contributed by atoms with Gasteiger partial charge in [0.2, 0.25) is 0 Å². The molecule has 0 bridgehead atoms. The zero-order chi connectivity index (χ0) is 10.6. The molecule has 0 fully saturated rings. The lowest BCUT2D eigenvalue weighted by Crippen LogP contribution is -2.35. The highest BCUT2D eigenvalue weighted by atomic mass is 79.9. The fraction of sp³-hybridized carbons (Fsp3) is 0.444. The fourth-order valence-electron chi connectivity index (χ4n) is 1.22. The Morgan fingerprint density at radius 1 is 1.71 bits per heavy atom. The van der Waals surface area contributed by atoms with Gasteiger partial charge >= 0.3 is 0 Å². The zero-order valence-corrected chi connectivity index (χ0v) is 10.9. The molecule has 0 spiro atoms. The minimum absolute atomic E-state index is 0.879. The SMILES string of the molecule is CN=C(NC)N(C)Cc1cc(Br)cs1. The van der Waals surface area contributed by atoms with Crippen LogP contribution in [0.4, 0.5) is 0 Å². The number of thiophene rings is 1. The lowest BCUT2D eigenvalue weighted by molar-refractivity contribution is 0.488. The molecule has 1 N–H and O–H groups in total. The van der Waals surface area contributed by atoms with Crippen LogP contribution in [0.25, 0.3) is 0 Å². The topological polar surface area (TPSA) is 27.6 Å². The molecule has 1 aromatic rings. The largest absolute Gasteiger partial charge is 0.359 e. The summed E-state index contributed by atoms with van der Waals surface area (Å²) in [6.07, 6.45) is 0. The van der Waals surface area contributed by atoms with Gasteiger partial charge in [-0.25, -0.2) is 0 Å². The maximum atomic E-state index is 4.13. The summed E-state index contributed by atoms with van der Waals surface area (Å²) in [5.74, 6) is 0.898. The van der Waals surface area contributed by atoms with Crippen molar-refractivity contribution in [3.63, 3.8) is 0 Å². The van der Waals surface area contributed by atoms with Crippen LogP contribution >= 0.6 is 27.3 Å². The van der Waals surface area contributed by atoms with E-state index in [9.17, 15) is 0 Å². The molecule has 0 saturated heterocycles. The average molecular weight is 276 g/mol. The van der Waals surface area contributed by atoms with Crippen molar-refractivity contribution in [3.8, 4) is 0 Å². The minimum atomic E-state index is 0.879. The molecular formula is C9H14BrN3S. The summed E-state index contributed by atoms with van der Waals surface area (Å²) < 4.78 is 1.14. The molecule has 14 heavy (non-hydrogen) atoms. The van der Waals surface area contributed by atoms with Crippen LogP contribution in [-0.4, -0.2) is 32.0 Å². The molecule has 0 aromatic carbocycles. The summed E-state index contributed by atoms with van der Waals surface area (Å²) in [7, 11) is 5.68. The summed E-state index contributed by atoms with van der Waals surface area (Å²) in [6.45, 7) is 0.879. The lowest BCUT2D eigenvalue weighted by atomic mass is 10.4. The molecule has 0 unspecified atom stereocenters. The summed E-state index contributed by atoms with van der Waals surface area (Å²) in [5, 5.41) is 5.14. The Kier molecular flexibility index (Phi) is 4.41. The minimum Gasteiger partial charge on any atom is -0.359 e. The Morgan fingerprint density at radius 3 is 2.86 bits per heavy atom. The van der Waals surface area contributed by atoms with E-state index in [1.165, 1.54) is 4.88 Å². The maximum absolute atomic E-state index is 4.13. The molecule has 3 nitrogen and oxygen atoms in total. The van der Waals surface area contributed by atoms with Crippen LogP contribution in [-0.2, 0) is 6.54 Å². The molecule has 0 aliphatic rings. The van der Waals surface area contributed by atoms with Crippen molar-refractivity contribution in [2.24, 2.45) is 4.99 Å². The smallest absolute Gasteiger partial charge is 0.193 e. The van der Waals surface area contributed by atoms with E-state index in [2.05, 4.69) is 42.6 Å². The number of hydrogen-bond donors (Lipinski definition) is 1. The van der Waals surface area contributed by atoms with Crippen LogP contribution in [0.15, 0.2) is 20.9 Å². The van der Waals surface area contributed by atoms with Gasteiger partial charge in [-0.3, -0.25) is 4.99 Å². The van der Waals surface area contributed by atoms with Gasteiger partial charge < -0.3 is 10.2 Å². The first-order chi connectivity index (χ1) is 6.67.